The van der Waals surface area contributed by atoms with Gasteiger partial charge in [0.05, 0.1) is 15.7 Å². The molecule has 0 aliphatic heterocycles. The number of ketones is 1. The summed E-state index contributed by atoms with van der Waals surface area (Å²) < 4.78 is 2.00. The number of hydrogen-bond acceptors (Lipinski definition) is 5. The Morgan fingerprint density at radius 1 is 1.07 bits per heavy atom. The normalized spacial score (nSPS) is 10.9. The van der Waals surface area contributed by atoms with Crippen molar-refractivity contribution >= 4 is 40.5 Å². The van der Waals surface area contributed by atoms with E-state index in [1.165, 1.54) is 17.3 Å². The summed E-state index contributed by atoms with van der Waals surface area (Å²) in [6, 6.07) is 19.3. The largest absolute Gasteiger partial charge is 0.293 e. The highest BCUT2D eigenvalue weighted by molar-refractivity contribution is 7.99. The Kier molecular flexibility index (Phi) is 5.62. The molecule has 2 aromatic carbocycles. The van der Waals surface area contributed by atoms with Gasteiger partial charge in [0.25, 0.3) is 0 Å². The lowest BCUT2D eigenvalue weighted by Gasteiger charge is -2.10. The Morgan fingerprint density at radius 2 is 1.86 bits per heavy atom. The van der Waals surface area contributed by atoms with E-state index in [1.807, 2.05) is 53.3 Å². The molecule has 4 rings (SSSR count). The van der Waals surface area contributed by atoms with Gasteiger partial charge >= 0.3 is 0 Å². The van der Waals surface area contributed by atoms with Crippen molar-refractivity contribution in [3.05, 3.63) is 82.2 Å². The first-order chi connectivity index (χ1) is 13.6. The molecule has 0 fully saturated rings. The third kappa shape index (κ3) is 3.90. The molecule has 0 amide bonds. The molecule has 0 N–H and O–H groups in total. The van der Waals surface area contributed by atoms with Gasteiger partial charge < -0.3 is 0 Å². The van der Waals surface area contributed by atoms with Crippen LogP contribution in [0.3, 0.4) is 0 Å². The van der Waals surface area contributed by atoms with Crippen molar-refractivity contribution in [2.24, 2.45) is 0 Å². The number of thioether (sulfide) groups is 1. The van der Waals surface area contributed by atoms with Gasteiger partial charge in [-0.2, -0.15) is 0 Å². The lowest BCUT2D eigenvalue weighted by Crippen LogP contribution is -2.05. The first-order valence-corrected chi connectivity index (χ1v) is 10.8. The van der Waals surface area contributed by atoms with Crippen LogP contribution in [0.4, 0.5) is 0 Å². The Hall–Kier alpha value is -2.41. The van der Waals surface area contributed by atoms with Crippen molar-refractivity contribution in [2.45, 2.75) is 12.1 Å². The molecule has 0 atom stereocenters. The number of aryl methyl sites for hydroxylation is 1. The van der Waals surface area contributed by atoms with Crippen LogP contribution in [0.15, 0.2) is 71.2 Å². The molecule has 4 aromatic rings. The number of rotatable bonds is 6. The van der Waals surface area contributed by atoms with Crippen LogP contribution >= 0.6 is 34.7 Å². The standard InChI is InChI=1S/C21H16ClN3OS2/c1-14-8-10-15(11-9-14)25-20(19-7-4-12-27-19)23-24-21(25)28-13-18(26)16-5-2-3-6-17(16)22/h2-12H,13H2,1H3. The number of hydrogen-bond donors (Lipinski definition) is 0. The number of benzene rings is 2. The summed E-state index contributed by atoms with van der Waals surface area (Å²) in [5, 5.41) is 11.9. The maximum Gasteiger partial charge on any atom is 0.196 e. The zero-order chi connectivity index (χ0) is 19.5. The molecule has 2 heterocycles. The first kappa shape index (κ1) is 18.9. The van der Waals surface area contributed by atoms with E-state index in [0.29, 0.717) is 15.7 Å². The Labute approximate surface area is 176 Å². The van der Waals surface area contributed by atoms with Gasteiger partial charge in [-0.25, -0.2) is 0 Å². The summed E-state index contributed by atoms with van der Waals surface area (Å²) in [4.78, 5) is 13.6. The lowest BCUT2D eigenvalue weighted by atomic mass is 10.1. The van der Waals surface area contributed by atoms with Gasteiger partial charge in [0.15, 0.2) is 16.8 Å². The molecule has 0 saturated carbocycles. The van der Waals surface area contributed by atoms with Crippen LogP contribution in [0.25, 0.3) is 16.4 Å². The van der Waals surface area contributed by atoms with E-state index in [-0.39, 0.29) is 11.5 Å². The minimum absolute atomic E-state index is 0.0354. The number of thiophene rings is 1. The van der Waals surface area contributed by atoms with Crippen molar-refractivity contribution in [1.29, 1.82) is 0 Å². The smallest absolute Gasteiger partial charge is 0.196 e. The van der Waals surface area contributed by atoms with Crippen LogP contribution in [0, 0.1) is 6.92 Å². The predicted octanol–water partition coefficient (Wildman–Crippen LogP) is 5.93. The summed E-state index contributed by atoms with van der Waals surface area (Å²) in [7, 11) is 0. The minimum Gasteiger partial charge on any atom is -0.293 e. The molecule has 4 nitrogen and oxygen atoms in total. The van der Waals surface area contributed by atoms with Crippen LogP contribution in [-0.2, 0) is 0 Å². The molecule has 28 heavy (non-hydrogen) atoms. The molecule has 140 valence electrons. The van der Waals surface area contributed by atoms with Crippen LogP contribution in [0.1, 0.15) is 15.9 Å². The quantitative estimate of drug-likeness (QED) is 0.283. The van der Waals surface area contributed by atoms with E-state index in [4.69, 9.17) is 11.6 Å². The lowest BCUT2D eigenvalue weighted by molar-refractivity contribution is 0.102. The monoisotopic (exact) mass is 425 g/mol. The van der Waals surface area contributed by atoms with Crippen LogP contribution in [-0.4, -0.2) is 26.3 Å². The van der Waals surface area contributed by atoms with Crippen molar-refractivity contribution in [2.75, 3.05) is 5.75 Å². The Balaban J connectivity index is 1.66. The molecule has 2 aromatic heterocycles. The van der Waals surface area contributed by atoms with Crippen molar-refractivity contribution in [1.82, 2.24) is 14.8 Å². The van der Waals surface area contributed by atoms with E-state index in [9.17, 15) is 4.79 Å². The summed E-state index contributed by atoms with van der Waals surface area (Å²) in [5.41, 5.74) is 2.67. The summed E-state index contributed by atoms with van der Waals surface area (Å²) in [5.74, 6) is 0.969. The van der Waals surface area contributed by atoms with Gasteiger partial charge in [-0.15, -0.1) is 21.5 Å². The Bertz CT molecular complexity index is 1110. The second kappa shape index (κ2) is 8.31. The zero-order valence-corrected chi connectivity index (χ0v) is 17.4. The van der Waals surface area contributed by atoms with Crippen molar-refractivity contribution in [3.8, 4) is 16.4 Å². The molecular formula is C21H16ClN3OS2. The highest BCUT2D eigenvalue weighted by Gasteiger charge is 2.19. The van der Waals surface area contributed by atoms with E-state index in [0.717, 1.165) is 16.4 Å². The highest BCUT2D eigenvalue weighted by Crippen LogP contribution is 2.31. The van der Waals surface area contributed by atoms with Gasteiger partial charge in [-0.1, -0.05) is 59.3 Å². The molecule has 0 aliphatic rings. The SMILES string of the molecule is Cc1ccc(-n2c(SCC(=O)c3ccccc3Cl)nnc2-c2cccs2)cc1. The summed E-state index contributed by atoms with van der Waals surface area (Å²) in [6.07, 6.45) is 0. The molecule has 0 radical (unpaired) electrons. The van der Waals surface area contributed by atoms with E-state index in [1.54, 1.807) is 23.5 Å². The minimum atomic E-state index is -0.0354. The number of carbonyl (C=O) groups is 1. The maximum absolute atomic E-state index is 12.6. The molecule has 0 unspecified atom stereocenters. The number of carbonyl (C=O) groups excluding carboxylic acids is 1. The average molecular weight is 426 g/mol. The maximum atomic E-state index is 12.6. The van der Waals surface area contributed by atoms with E-state index in [2.05, 4.69) is 22.3 Å². The number of halogens is 1. The van der Waals surface area contributed by atoms with Gasteiger partial charge in [0.2, 0.25) is 0 Å². The molecule has 0 bridgehead atoms. The second-order valence-corrected chi connectivity index (χ2v) is 8.44. The predicted molar refractivity (Wildman–Crippen MR) is 116 cm³/mol. The fraction of sp³-hybridized carbons (Fsp3) is 0.0952. The van der Waals surface area contributed by atoms with Gasteiger partial charge in [0, 0.05) is 11.3 Å². The third-order valence-electron chi connectivity index (χ3n) is 4.17. The van der Waals surface area contributed by atoms with Gasteiger partial charge in [-0.05, 0) is 42.6 Å². The average Bonchev–Trinajstić information content (AvgIpc) is 3.37. The van der Waals surface area contributed by atoms with E-state index < -0.39 is 0 Å². The van der Waals surface area contributed by atoms with Gasteiger partial charge in [0.1, 0.15) is 0 Å². The number of nitrogens with zero attached hydrogens (tertiary/aromatic N) is 3. The second-order valence-electron chi connectivity index (χ2n) is 6.15. The van der Waals surface area contributed by atoms with Crippen LogP contribution in [0.5, 0.6) is 0 Å². The summed E-state index contributed by atoms with van der Waals surface area (Å²) in [6.45, 7) is 2.05. The topological polar surface area (TPSA) is 47.8 Å². The van der Waals surface area contributed by atoms with Crippen molar-refractivity contribution in [3.63, 3.8) is 0 Å². The van der Waals surface area contributed by atoms with Crippen LogP contribution in [0.2, 0.25) is 5.02 Å². The van der Waals surface area contributed by atoms with Crippen LogP contribution < -0.4 is 0 Å². The van der Waals surface area contributed by atoms with Crippen molar-refractivity contribution < 1.29 is 4.79 Å². The zero-order valence-electron chi connectivity index (χ0n) is 15.0. The first-order valence-electron chi connectivity index (χ1n) is 8.60. The van der Waals surface area contributed by atoms with E-state index >= 15 is 0 Å². The third-order valence-corrected chi connectivity index (χ3v) is 6.30. The fourth-order valence-electron chi connectivity index (χ4n) is 2.75. The number of aromatic nitrogens is 3. The highest BCUT2D eigenvalue weighted by atomic mass is 35.5. The molecule has 0 spiro atoms. The molecule has 7 heteroatoms. The summed E-state index contributed by atoms with van der Waals surface area (Å²) >= 11 is 9.12. The fourth-order valence-corrected chi connectivity index (χ4v) is 4.53. The number of Topliss-reactive ketones (excluding diaryl/α,β-unsaturated/α-hetero) is 1. The van der Waals surface area contributed by atoms with Gasteiger partial charge in [-0.3, -0.25) is 9.36 Å². The molecule has 0 aliphatic carbocycles. The Morgan fingerprint density at radius 3 is 2.57 bits per heavy atom. The molecule has 0 saturated heterocycles. The molecular weight excluding hydrogens is 410 g/mol.